The number of fused-ring (bicyclic) bond motifs is 1. The molecule has 0 aromatic heterocycles. The van der Waals surface area contributed by atoms with E-state index in [-0.39, 0.29) is 0 Å². The Labute approximate surface area is 125 Å². The van der Waals surface area contributed by atoms with Crippen molar-refractivity contribution in [2.45, 2.75) is 13.0 Å². The zero-order chi connectivity index (χ0) is 14.5. The van der Waals surface area contributed by atoms with Gasteiger partial charge in [-0.25, -0.2) is 0 Å². The van der Waals surface area contributed by atoms with E-state index < -0.39 is 0 Å². The Balaban J connectivity index is 1.84. The summed E-state index contributed by atoms with van der Waals surface area (Å²) in [6, 6.07) is 22.8. The summed E-state index contributed by atoms with van der Waals surface area (Å²) in [4.78, 5) is 0. The lowest BCUT2D eigenvalue weighted by Crippen LogP contribution is -2.07. The Hall–Kier alpha value is -2.32. The van der Waals surface area contributed by atoms with Crippen molar-refractivity contribution in [3.63, 3.8) is 0 Å². The molecule has 2 heteroatoms. The van der Waals surface area contributed by atoms with E-state index in [4.69, 9.17) is 10.5 Å². The van der Waals surface area contributed by atoms with Crippen LogP contribution in [0.5, 0.6) is 5.75 Å². The van der Waals surface area contributed by atoms with E-state index in [9.17, 15) is 0 Å². The van der Waals surface area contributed by atoms with Crippen LogP contribution < -0.4 is 10.5 Å². The molecule has 3 rings (SSSR count). The molecular weight excluding hydrogens is 258 g/mol. The van der Waals surface area contributed by atoms with Gasteiger partial charge in [0.15, 0.2) is 0 Å². The van der Waals surface area contributed by atoms with Crippen molar-refractivity contribution in [1.82, 2.24) is 0 Å². The molecule has 0 saturated heterocycles. The van der Waals surface area contributed by atoms with Gasteiger partial charge < -0.3 is 10.5 Å². The highest BCUT2D eigenvalue weighted by Crippen LogP contribution is 2.26. The predicted molar refractivity (Wildman–Crippen MR) is 87.5 cm³/mol. The van der Waals surface area contributed by atoms with Crippen LogP contribution in [0.25, 0.3) is 10.8 Å². The summed E-state index contributed by atoms with van der Waals surface area (Å²) in [6.45, 7) is 1.23. The molecule has 2 N–H and O–H groups in total. The lowest BCUT2D eigenvalue weighted by atomic mass is 10.1. The minimum Gasteiger partial charge on any atom is -0.488 e. The monoisotopic (exact) mass is 277 g/mol. The highest BCUT2D eigenvalue weighted by molar-refractivity contribution is 5.88. The van der Waals surface area contributed by atoms with Crippen molar-refractivity contribution in [2.24, 2.45) is 5.73 Å². The maximum atomic E-state index is 6.05. The van der Waals surface area contributed by atoms with Gasteiger partial charge in [0, 0.05) is 5.39 Å². The molecule has 2 nitrogen and oxygen atoms in total. The van der Waals surface area contributed by atoms with Gasteiger partial charge in [-0.3, -0.25) is 0 Å². The van der Waals surface area contributed by atoms with Crippen molar-refractivity contribution < 1.29 is 4.74 Å². The highest BCUT2D eigenvalue weighted by Gasteiger charge is 2.04. The molecule has 3 aromatic carbocycles. The molecule has 0 amide bonds. The van der Waals surface area contributed by atoms with Gasteiger partial charge >= 0.3 is 0 Å². The molecule has 106 valence electrons. The third-order valence-electron chi connectivity index (χ3n) is 3.66. The standard InChI is InChI=1S/C19H19NO/c20-13-12-15-6-1-2-8-17(15)14-21-19-11-5-9-16-7-3-4-10-18(16)19/h1-11H,12-14,20H2. The SMILES string of the molecule is NCCc1ccccc1COc1cccc2ccccc12. The third-order valence-corrected chi connectivity index (χ3v) is 3.66. The van der Waals surface area contributed by atoms with Gasteiger partial charge in [-0.05, 0) is 35.5 Å². The minimum absolute atomic E-state index is 0.574. The second-order valence-corrected chi connectivity index (χ2v) is 5.07. The molecule has 0 fully saturated rings. The topological polar surface area (TPSA) is 35.2 Å². The number of hydrogen-bond acceptors (Lipinski definition) is 2. The first-order chi connectivity index (χ1) is 10.4. The predicted octanol–water partition coefficient (Wildman–Crippen LogP) is 3.92. The number of hydrogen-bond donors (Lipinski definition) is 1. The van der Waals surface area contributed by atoms with E-state index in [0.29, 0.717) is 13.2 Å². The second-order valence-electron chi connectivity index (χ2n) is 5.07. The van der Waals surface area contributed by atoms with Crippen LogP contribution in [0, 0.1) is 0 Å². The van der Waals surface area contributed by atoms with Crippen LogP contribution in [-0.2, 0) is 13.0 Å². The largest absolute Gasteiger partial charge is 0.488 e. The fraction of sp³-hybridized carbons (Fsp3) is 0.158. The van der Waals surface area contributed by atoms with Crippen LogP contribution in [-0.4, -0.2) is 6.54 Å². The first-order valence-corrected chi connectivity index (χ1v) is 7.26. The van der Waals surface area contributed by atoms with Crippen LogP contribution in [0.1, 0.15) is 11.1 Å². The van der Waals surface area contributed by atoms with Crippen molar-refractivity contribution >= 4 is 10.8 Å². The number of ether oxygens (including phenoxy) is 1. The quantitative estimate of drug-likeness (QED) is 0.767. The van der Waals surface area contributed by atoms with Gasteiger partial charge in [0.05, 0.1) is 0 Å². The highest BCUT2D eigenvalue weighted by atomic mass is 16.5. The zero-order valence-electron chi connectivity index (χ0n) is 12.0. The van der Waals surface area contributed by atoms with E-state index in [1.165, 1.54) is 16.5 Å². The fourth-order valence-corrected chi connectivity index (χ4v) is 2.57. The van der Waals surface area contributed by atoms with E-state index >= 15 is 0 Å². The molecule has 3 aromatic rings. The Morgan fingerprint density at radius 1 is 0.762 bits per heavy atom. The van der Waals surface area contributed by atoms with Gasteiger partial charge in [-0.15, -0.1) is 0 Å². The summed E-state index contributed by atoms with van der Waals surface area (Å²) in [5.41, 5.74) is 8.14. The van der Waals surface area contributed by atoms with Crippen LogP contribution in [0.4, 0.5) is 0 Å². The lowest BCUT2D eigenvalue weighted by Gasteiger charge is -2.12. The molecule has 0 spiro atoms. The molecule has 21 heavy (non-hydrogen) atoms. The summed E-state index contributed by atoms with van der Waals surface area (Å²) in [6.07, 6.45) is 0.884. The van der Waals surface area contributed by atoms with Gasteiger partial charge in [-0.1, -0.05) is 60.7 Å². The van der Waals surface area contributed by atoms with E-state index in [1.54, 1.807) is 0 Å². The van der Waals surface area contributed by atoms with Gasteiger partial charge in [0.1, 0.15) is 12.4 Å². The van der Waals surface area contributed by atoms with E-state index in [0.717, 1.165) is 17.6 Å². The third kappa shape index (κ3) is 3.06. The maximum absolute atomic E-state index is 6.05. The first-order valence-electron chi connectivity index (χ1n) is 7.26. The molecule has 0 unspecified atom stereocenters. The number of nitrogens with two attached hydrogens (primary N) is 1. The first kappa shape index (κ1) is 13.7. The summed E-state index contributed by atoms with van der Waals surface area (Å²) in [7, 11) is 0. The number of rotatable bonds is 5. The summed E-state index contributed by atoms with van der Waals surface area (Å²) < 4.78 is 6.05. The Kier molecular flexibility index (Phi) is 4.17. The molecule has 0 aliphatic heterocycles. The maximum Gasteiger partial charge on any atom is 0.127 e. The summed E-state index contributed by atoms with van der Waals surface area (Å²) in [5, 5.41) is 2.35. The molecule has 0 aliphatic carbocycles. The molecule has 0 radical (unpaired) electrons. The summed E-state index contributed by atoms with van der Waals surface area (Å²) >= 11 is 0. The molecule has 0 atom stereocenters. The minimum atomic E-state index is 0.574. The average molecular weight is 277 g/mol. The molecule has 0 bridgehead atoms. The van der Waals surface area contributed by atoms with Crippen LogP contribution in [0.2, 0.25) is 0 Å². The molecular formula is C19H19NO. The van der Waals surface area contributed by atoms with Gasteiger partial charge in [-0.2, -0.15) is 0 Å². The van der Waals surface area contributed by atoms with Crippen molar-refractivity contribution in [1.29, 1.82) is 0 Å². The van der Waals surface area contributed by atoms with Crippen molar-refractivity contribution in [3.05, 3.63) is 77.9 Å². The molecule has 0 heterocycles. The lowest BCUT2D eigenvalue weighted by molar-refractivity contribution is 0.309. The van der Waals surface area contributed by atoms with E-state index in [1.807, 2.05) is 36.4 Å². The van der Waals surface area contributed by atoms with Crippen molar-refractivity contribution in [3.8, 4) is 5.75 Å². The molecule has 0 saturated carbocycles. The van der Waals surface area contributed by atoms with E-state index in [2.05, 4.69) is 30.3 Å². The zero-order valence-corrected chi connectivity index (χ0v) is 12.0. The van der Waals surface area contributed by atoms with Gasteiger partial charge in [0.2, 0.25) is 0 Å². The second kappa shape index (κ2) is 6.42. The molecule has 0 aliphatic rings. The van der Waals surface area contributed by atoms with Crippen molar-refractivity contribution in [2.75, 3.05) is 6.54 Å². The Bertz CT molecular complexity index is 731. The summed E-state index contributed by atoms with van der Waals surface area (Å²) in [5.74, 6) is 0.927. The van der Waals surface area contributed by atoms with Gasteiger partial charge in [0.25, 0.3) is 0 Å². The smallest absolute Gasteiger partial charge is 0.127 e. The van der Waals surface area contributed by atoms with Crippen LogP contribution in [0.3, 0.4) is 0 Å². The number of benzene rings is 3. The van der Waals surface area contributed by atoms with Crippen LogP contribution in [0.15, 0.2) is 66.7 Å². The fourth-order valence-electron chi connectivity index (χ4n) is 2.57. The Morgan fingerprint density at radius 2 is 1.48 bits per heavy atom. The average Bonchev–Trinajstić information content (AvgIpc) is 2.54. The Morgan fingerprint density at radius 3 is 2.33 bits per heavy atom. The van der Waals surface area contributed by atoms with Crippen LogP contribution >= 0.6 is 0 Å². The normalized spacial score (nSPS) is 10.7.